The standard InChI is InChI=1S/C12H24N2O/c1-3-4-9(2)7-12(15)14-11(8-13)10-5-6-10/h9-11H,3-8,13H2,1-2H3,(H,14,15). The van der Waals surface area contributed by atoms with Crippen LogP contribution < -0.4 is 11.1 Å². The summed E-state index contributed by atoms with van der Waals surface area (Å²) in [7, 11) is 0. The van der Waals surface area contributed by atoms with Crippen LogP contribution in [0.5, 0.6) is 0 Å². The lowest BCUT2D eigenvalue weighted by Gasteiger charge is -2.17. The summed E-state index contributed by atoms with van der Waals surface area (Å²) in [6.45, 7) is 4.87. The first kappa shape index (κ1) is 12.5. The van der Waals surface area contributed by atoms with Gasteiger partial charge in [-0.25, -0.2) is 0 Å². The molecule has 0 spiro atoms. The molecule has 3 N–H and O–H groups in total. The second kappa shape index (κ2) is 6.11. The first-order valence-corrected chi connectivity index (χ1v) is 6.16. The molecule has 0 aliphatic heterocycles. The highest BCUT2D eigenvalue weighted by atomic mass is 16.1. The van der Waals surface area contributed by atoms with Crippen LogP contribution >= 0.6 is 0 Å². The Hall–Kier alpha value is -0.570. The molecule has 0 saturated heterocycles. The van der Waals surface area contributed by atoms with Crippen molar-refractivity contribution in [3.63, 3.8) is 0 Å². The van der Waals surface area contributed by atoms with Gasteiger partial charge in [-0.3, -0.25) is 4.79 Å². The normalized spacial score (nSPS) is 19.7. The zero-order valence-corrected chi connectivity index (χ0v) is 9.96. The Bertz CT molecular complexity index is 202. The summed E-state index contributed by atoms with van der Waals surface area (Å²) in [6.07, 6.45) is 5.39. The van der Waals surface area contributed by atoms with Crippen molar-refractivity contribution in [2.24, 2.45) is 17.6 Å². The second-order valence-electron chi connectivity index (χ2n) is 4.85. The van der Waals surface area contributed by atoms with Crippen molar-refractivity contribution in [2.75, 3.05) is 6.54 Å². The van der Waals surface area contributed by atoms with E-state index in [1.807, 2.05) is 0 Å². The van der Waals surface area contributed by atoms with E-state index in [1.54, 1.807) is 0 Å². The maximum Gasteiger partial charge on any atom is 0.220 e. The number of hydrogen-bond acceptors (Lipinski definition) is 2. The lowest BCUT2D eigenvalue weighted by atomic mass is 10.0. The van der Waals surface area contributed by atoms with Gasteiger partial charge in [-0.05, 0) is 24.7 Å². The molecule has 2 unspecified atom stereocenters. The van der Waals surface area contributed by atoms with Crippen LogP contribution in [0.2, 0.25) is 0 Å². The van der Waals surface area contributed by atoms with E-state index in [0.29, 0.717) is 24.8 Å². The molecular weight excluding hydrogens is 188 g/mol. The van der Waals surface area contributed by atoms with E-state index in [2.05, 4.69) is 19.2 Å². The smallest absolute Gasteiger partial charge is 0.220 e. The van der Waals surface area contributed by atoms with Crippen LogP contribution in [-0.2, 0) is 4.79 Å². The van der Waals surface area contributed by atoms with E-state index in [9.17, 15) is 4.79 Å². The zero-order valence-electron chi connectivity index (χ0n) is 9.96. The minimum absolute atomic E-state index is 0.179. The lowest BCUT2D eigenvalue weighted by molar-refractivity contribution is -0.122. The Morgan fingerprint density at radius 1 is 1.53 bits per heavy atom. The quantitative estimate of drug-likeness (QED) is 0.674. The average Bonchev–Trinajstić information content (AvgIpc) is 2.97. The molecule has 0 aromatic carbocycles. The molecular formula is C12H24N2O. The first-order valence-electron chi connectivity index (χ1n) is 6.16. The summed E-state index contributed by atoms with van der Waals surface area (Å²) < 4.78 is 0. The fraction of sp³-hybridized carbons (Fsp3) is 0.917. The molecule has 0 aromatic heterocycles. The summed E-state index contributed by atoms with van der Waals surface area (Å²) >= 11 is 0. The summed E-state index contributed by atoms with van der Waals surface area (Å²) in [6, 6.07) is 0.228. The van der Waals surface area contributed by atoms with Crippen LogP contribution in [-0.4, -0.2) is 18.5 Å². The van der Waals surface area contributed by atoms with Gasteiger partial charge in [0.2, 0.25) is 5.91 Å². The largest absolute Gasteiger partial charge is 0.352 e. The molecule has 1 fully saturated rings. The molecule has 0 radical (unpaired) electrons. The van der Waals surface area contributed by atoms with Gasteiger partial charge in [0, 0.05) is 19.0 Å². The van der Waals surface area contributed by atoms with Gasteiger partial charge in [-0.2, -0.15) is 0 Å². The van der Waals surface area contributed by atoms with Crippen molar-refractivity contribution in [1.82, 2.24) is 5.32 Å². The molecule has 0 heterocycles. The molecule has 15 heavy (non-hydrogen) atoms. The number of amides is 1. The minimum Gasteiger partial charge on any atom is -0.352 e. The van der Waals surface area contributed by atoms with Crippen LogP contribution in [0.4, 0.5) is 0 Å². The Kier molecular flexibility index (Phi) is 5.09. The third-order valence-corrected chi connectivity index (χ3v) is 3.11. The summed E-state index contributed by atoms with van der Waals surface area (Å²) in [5.74, 6) is 1.33. The molecule has 0 bridgehead atoms. The Labute approximate surface area is 92.8 Å². The van der Waals surface area contributed by atoms with E-state index in [-0.39, 0.29) is 11.9 Å². The van der Waals surface area contributed by atoms with Gasteiger partial charge in [0.15, 0.2) is 0 Å². The summed E-state index contributed by atoms with van der Waals surface area (Å²) in [5, 5.41) is 3.05. The molecule has 88 valence electrons. The van der Waals surface area contributed by atoms with Crippen molar-refractivity contribution in [3.8, 4) is 0 Å². The van der Waals surface area contributed by atoms with E-state index in [0.717, 1.165) is 12.8 Å². The van der Waals surface area contributed by atoms with Crippen molar-refractivity contribution >= 4 is 5.91 Å². The van der Waals surface area contributed by atoms with E-state index < -0.39 is 0 Å². The number of rotatable bonds is 7. The molecule has 3 nitrogen and oxygen atoms in total. The highest BCUT2D eigenvalue weighted by molar-refractivity contribution is 5.76. The van der Waals surface area contributed by atoms with Crippen LogP contribution in [0.25, 0.3) is 0 Å². The Morgan fingerprint density at radius 3 is 2.67 bits per heavy atom. The van der Waals surface area contributed by atoms with Crippen molar-refractivity contribution < 1.29 is 4.79 Å². The van der Waals surface area contributed by atoms with Gasteiger partial charge in [0.05, 0.1) is 0 Å². The summed E-state index contributed by atoms with van der Waals surface area (Å²) in [4.78, 5) is 11.7. The predicted molar refractivity (Wildman–Crippen MR) is 62.4 cm³/mol. The number of carbonyl (C=O) groups excluding carboxylic acids is 1. The molecule has 1 rings (SSSR count). The fourth-order valence-corrected chi connectivity index (χ4v) is 2.04. The third kappa shape index (κ3) is 4.65. The van der Waals surface area contributed by atoms with Gasteiger partial charge in [0.1, 0.15) is 0 Å². The van der Waals surface area contributed by atoms with E-state index in [1.165, 1.54) is 12.8 Å². The topological polar surface area (TPSA) is 55.1 Å². The molecule has 2 atom stereocenters. The lowest BCUT2D eigenvalue weighted by Crippen LogP contribution is -2.42. The summed E-state index contributed by atoms with van der Waals surface area (Å²) in [5.41, 5.74) is 5.64. The zero-order chi connectivity index (χ0) is 11.3. The van der Waals surface area contributed by atoms with Crippen molar-refractivity contribution in [1.29, 1.82) is 0 Å². The highest BCUT2D eigenvalue weighted by Gasteiger charge is 2.31. The van der Waals surface area contributed by atoms with E-state index >= 15 is 0 Å². The maximum absolute atomic E-state index is 11.7. The molecule has 1 amide bonds. The predicted octanol–water partition coefficient (Wildman–Crippen LogP) is 1.67. The van der Waals surface area contributed by atoms with Crippen LogP contribution in [0.1, 0.15) is 46.0 Å². The number of hydrogen-bond donors (Lipinski definition) is 2. The second-order valence-corrected chi connectivity index (χ2v) is 4.85. The van der Waals surface area contributed by atoms with Gasteiger partial charge in [0.25, 0.3) is 0 Å². The SMILES string of the molecule is CCCC(C)CC(=O)NC(CN)C1CC1. The maximum atomic E-state index is 11.7. The average molecular weight is 212 g/mol. The van der Waals surface area contributed by atoms with Gasteiger partial charge in [-0.15, -0.1) is 0 Å². The van der Waals surface area contributed by atoms with Crippen LogP contribution in [0.3, 0.4) is 0 Å². The van der Waals surface area contributed by atoms with Crippen molar-refractivity contribution in [3.05, 3.63) is 0 Å². The van der Waals surface area contributed by atoms with Gasteiger partial charge < -0.3 is 11.1 Å². The van der Waals surface area contributed by atoms with E-state index in [4.69, 9.17) is 5.73 Å². The molecule has 3 heteroatoms. The highest BCUT2D eigenvalue weighted by Crippen LogP contribution is 2.32. The molecule has 1 aliphatic rings. The molecule has 1 saturated carbocycles. The van der Waals surface area contributed by atoms with Gasteiger partial charge >= 0.3 is 0 Å². The van der Waals surface area contributed by atoms with Crippen LogP contribution in [0.15, 0.2) is 0 Å². The molecule has 0 aromatic rings. The van der Waals surface area contributed by atoms with Crippen molar-refractivity contribution in [2.45, 2.75) is 52.0 Å². The minimum atomic E-state index is 0.179. The first-order chi connectivity index (χ1) is 7.17. The van der Waals surface area contributed by atoms with Crippen LogP contribution in [0, 0.1) is 11.8 Å². The molecule has 1 aliphatic carbocycles. The number of nitrogens with one attached hydrogen (secondary N) is 1. The Balaban J connectivity index is 2.21. The number of nitrogens with two attached hydrogens (primary N) is 1. The fourth-order valence-electron chi connectivity index (χ4n) is 2.04. The monoisotopic (exact) mass is 212 g/mol. The third-order valence-electron chi connectivity index (χ3n) is 3.11. The number of carbonyl (C=O) groups is 1. The van der Waals surface area contributed by atoms with Gasteiger partial charge in [-0.1, -0.05) is 26.7 Å². The Morgan fingerprint density at radius 2 is 2.20 bits per heavy atom.